The van der Waals surface area contributed by atoms with Gasteiger partial charge in [0, 0.05) is 32.0 Å². The number of hydrogen-bond donors (Lipinski definition) is 2. The molecule has 1 aromatic heterocycles. The van der Waals surface area contributed by atoms with Gasteiger partial charge in [-0.25, -0.2) is 9.98 Å². The minimum absolute atomic E-state index is 0. The zero-order valence-electron chi connectivity index (χ0n) is 15.3. The number of aliphatic imine (C=N–C) groups is 1. The summed E-state index contributed by atoms with van der Waals surface area (Å²) in [5.41, 5.74) is 1.10. The van der Waals surface area contributed by atoms with Crippen LogP contribution in [0.25, 0.3) is 0 Å². The van der Waals surface area contributed by atoms with Gasteiger partial charge in [0.2, 0.25) is 5.88 Å². The van der Waals surface area contributed by atoms with E-state index in [4.69, 9.17) is 9.47 Å². The Bertz CT molecular complexity index is 508. The average molecular weight is 462 g/mol. The Morgan fingerprint density at radius 1 is 1.28 bits per heavy atom. The van der Waals surface area contributed by atoms with Crippen molar-refractivity contribution in [3.8, 4) is 5.88 Å². The van der Waals surface area contributed by atoms with Crippen LogP contribution in [0.2, 0.25) is 0 Å². The van der Waals surface area contributed by atoms with Gasteiger partial charge in [0.15, 0.2) is 5.96 Å². The number of hydrogen-bond acceptors (Lipinski definition) is 4. The van der Waals surface area contributed by atoms with Crippen molar-refractivity contribution in [2.24, 2.45) is 4.99 Å². The molecule has 0 unspecified atom stereocenters. The summed E-state index contributed by atoms with van der Waals surface area (Å²) in [5, 5.41) is 6.51. The minimum Gasteiger partial charge on any atom is -0.474 e. The van der Waals surface area contributed by atoms with E-state index < -0.39 is 0 Å². The Kier molecular flexibility index (Phi) is 11.6. The normalized spacial score (nSPS) is 14.9. The van der Waals surface area contributed by atoms with Crippen LogP contribution >= 0.6 is 24.0 Å². The van der Waals surface area contributed by atoms with E-state index in [1.165, 1.54) is 12.8 Å². The van der Waals surface area contributed by atoms with Crippen molar-refractivity contribution >= 4 is 29.9 Å². The maximum Gasteiger partial charge on any atom is 0.213 e. The molecule has 1 aromatic rings. The molecule has 1 aliphatic carbocycles. The first-order valence-electron chi connectivity index (χ1n) is 9.03. The van der Waals surface area contributed by atoms with Crippen LogP contribution in [-0.2, 0) is 11.3 Å². The summed E-state index contributed by atoms with van der Waals surface area (Å²) in [7, 11) is 0. The fourth-order valence-electron chi connectivity index (χ4n) is 2.69. The van der Waals surface area contributed by atoms with Crippen molar-refractivity contribution in [1.29, 1.82) is 0 Å². The number of nitrogens with zero attached hydrogens (tertiary/aromatic N) is 2. The second-order valence-electron chi connectivity index (χ2n) is 5.85. The second-order valence-corrected chi connectivity index (χ2v) is 5.85. The van der Waals surface area contributed by atoms with Gasteiger partial charge in [-0.3, -0.25) is 0 Å². The first-order chi connectivity index (χ1) is 11.8. The van der Waals surface area contributed by atoms with Gasteiger partial charge in [-0.2, -0.15) is 0 Å². The number of ether oxygens (including phenoxy) is 2. The lowest BCUT2D eigenvalue weighted by atomic mass is 10.2. The molecule has 0 aliphatic heterocycles. The highest BCUT2D eigenvalue weighted by molar-refractivity contribution is 14.0. The summed E-state index contributed by atoms with van der Waals surface area (Å²) in [6, 6.07) is 3.97. The monoisotopic (exact) mass is 462 g/mol. The molecular weight excluding hydrogens is 431 g/mol. The molecule has 1 aliphatic rings. The fourth-order valence-corrected chi connectivity index (χ4v) is 2.69. The van der Waals surface area contributed by atoms with Crippen molar-refractivity contribution in [2.45, 2.75) is 52.2 Å². The molecule has 1 fully saturated rings. The quantitative estimate of drug-likeness (QED) is 0.256. The first kappa shape index (κ1) is 22.0. The molecule has 6 nitrogen and oxygen atoms in total. The molecule has 0 bridgehead atoms. The lowest BCUT2D eigenvalue weighted by Crippen LogP contribution is -2.39. The summed E-state index contributed by atoms with van der Waals surface area (Å²) in [4.78, 5) is 8.93. The van der Waals surface area contributed by atoms with E-state index in [0.29, 0.717) is 25.1 Å². The van der Waals surface area contributed by atoms with Crippen molar-refractivity contribution in [3.63, 3.8) is 0 Å². The van der Waals surface area contributed by atoms with E-state index in [1.807, 2.05) is 19.1 Å². The van der Waals surface area contributed by atoms with Gasteiger partial charge in [0.05, 0.1) is 13.2 Å². The van der Waals surface area contributed by atoms with E-state index in [9.17, 15) is 0 Å². The molecule has 1 heterocycles. The Hall–Kier alpha value is -1.09. The Balaban J connectivity index is 0.00000312. The third kappa shape index (κ3) is 8.71. The van der Waals surface area contributed by atoms with Gasteiger partial charge < -0.3 is 20.1 Å². The average Bonchev–Trinajstić information content (AvgIpc) is 3.10. The molecule has 2 N–H and O–H groups in total. The third-order valence-corrected chi connectivity index (χ3v) is 3.90. The maximum absolute atomic E-state index is 5.95. The van der Waals surface area contributed by atoms with E-state index in [0.717, 1.165) is 44.1 Å². The molecule has 0 radical (unpaired) electrons. The number of pyridine rings is 1. The van der Waals surface area contributed by atoms with E-state index in [-0.39, 0.29) is 24.0 Å². The lowest BCUT2D eigenvalue weighted by Gasteiger charge is -2.13. The fraction of sp³-hybridized carbons (Fsp3) is 0.667. The highest BCUT2D eigenvalue weighted by Crippen LogP contribution is 2.23. The molecule has 0 saturated heterocycles. The van der Waals surface area contributed by atoms with Crippen LogP contribution in [0.4, 0.5) is 0 Å². The van der Waals surface area contributed by atoms with Crippen LogP contribution in [0, 0.1) is 0 Å². The summed E-state index contributed by atoms with van der Waals surface area (Å²) >= 11 is 0. The van der Waals surface area contributed by atoms with Crippen molar-refractivity contribution in [2.75, 3.05) is 26.3 Å². The highest BCUT2D eigenvalue weighted by atomic mass is 127. The van der Waals surface area contributed by atoms with Crippen LogP contribution in [0.1, 0.15) is 45.1 Å². The van der Waals surface area contributed by atoms with Gasteiger partial charge in [0.25, 0.3) is 0 Å². The van der Waals surface area contributed by atoms with Crippen molar-refractivity contribution in [1.82, 2.24) is 15.6 Å². The van der Waals surface area contributed by atoms with Crippen LogP contribution in [0.5, 0.6) is 5.88 Å². The summed E-state index contributed by atoms with van der Waals surface area (Å²) in [5.74, 6) is 1.51. The predicted molar refractivity (Wildman–Crippen MR) is 112 cm³/mol. The number of guanidine groups is 1. The van der Waals surface area contributed by atoms with Crippen LogP contribution in [-0.4, -0.2) is 43.4 Å². The number of nitrogens with one attached hydrogen (secondary N) is 2. The molecule has 7 heteroatoms. The Morgan fingerprint density at radius 3 is 2.80 bits per heavy atom. The van der Waals surface area contributed by atoms with E-state index in [2.05, 4.69) is 27.5 Å². The molecule has 1 saturated carbocycles. The minimum atomic E-state index is 0. The summed E-state index contributed by atoms with van der Waals surface area (Å²) in [6.07, 6.45) is 6.91. The highest BCUT2D eigenvalue weighted by Gasteiger charge is 2.16. The zero-order valence-corrected chi connectivity index (χ0v) is 17.6. The smallest absolute Gasteiger partial charge is 0.213 e. The predicted octanol–water partition coefficient (Wildman–Crippen LogP) is 3.11. The second kappa shape index (κ2) is 13.2. The van der Waals surface area contributed by atoms with Gasteiger partial charge in [-0.1, -0.05) is 0 Å². The Labute approximate surface area is 168 Å². The lowest BCUT2D eigenvalue weighted by molar-refractivity contribution is 0.152. The molecule has 0 aromatic carbocycles. The van der Waals surface area contributed by atoms with Gasteiger partial charge in [-0.15, -0.1) is 24.0 Å². The van der Waals surface area contributed by atoms with E-state index >= 15 is 0 Å². The Morgan fingerprint density at radius 2 is 2.08 bits per heavy atom. The number of rotatable bonds is 9. The zero-order chi connectivity index (χ0) is 17.0. The van der Waals surface area contributed by atoms with Gasteiger partial charge in [0.1, 0.15) is 6.10 Å². The molecule has 2 rings (SSSR count). The number of halogens is 1. The molecular formula is C18H31IN4O2. The summed E-state index contributed by atoms with van der Waals surface area (Å²) < 4.78 is 11.3. The molecule has 0 spiro atoms. The van der Waals surface area contributed by atoms with Crippen molar-refractivity contribution < 1.29 is 9.47 Å². The molecule has 142 valence electrons. The van der Waals surface area contributed by atoms with Crippen molar-refractivity contribution in [3.05, 3.63) is 23.9 Å². The van der Waals surface area contributed by atoms with E-state index in [1.54, 1.807) is 6.20 Å². The van der Waals surface area contributed by atoms with Gasteiger partial charge in [-0.05, 0) is 51.2 Å². The SMILES string of the molecule is CCNC(=NCc1ccnc(OC2CCCC2)c1)NCCOCC.I. The largest absolute Gasteiger partial charge is 0.474 e. The molecule has 25 heavy (non-hydrogen) atoms. The molecule has 0 amide bonds. The summed E-state index contributed by atoms with van der Waals surface area (Å²) in [6.45, 7) is 7.62. The topological polar surface area (TPSA) is 67.8 Å². The van der Waals surface area contributed by atoms with Crippen LogP contribution in [0.15, 0.2) is 23.3 Å². The molecule has 0 atom stereocenters. The van der Waals surface area contributed by atoms with Crippen LogP contribution < -0.4 is 15.4 Å². The first-order valence-corrected chi connectivity index (χ1v) is 9.03. The maximum atomic E-state index is 5.95. The number of aromatic nitrogens is 1. The van der Waals surface area contributed by atoms with Crippen LogP contribution in [0.3, 0.4) is 0 Å². The third-order valence-electron chi connectivity index (χ3n) is 3.90. The standard InChI is InChI=1S/C18H30N4O2.HI/c1-3-19-18(21-11-12-23-4-2)22-14-15-9-10-20-17(13-15)24-16-7-5-6-8-16;/h9-10,13,16H,3-8,11-12,14H2,1-2H3,(H2,19,21,22);1H. The van der Waals surface area contributed by atoms with Gasteiger partial charge >= 0.3 is 0 Å².